The summed E-state index contributed by atoms with van der Waals surface area (Å²) in [5.41, 5.74) is 0. The molecule has 2 aromatic carbocycles. The van der Waals surface area contributed by atoms with Crippen LogP contribution >= 0.6 is 0 Å². The third-order valence-electron chi connectivity index (χ3n) is 2.80. The van der Waals surface area contributed by atoms with Gasteiger partial charge in [-0.1, -0.05) is 12.1 Å². The van der Waals surface area contributed by atoms with Gasteiger partial charge in [-0.3, -0.25) is 0 Å². The van der Waals surface area contributed by atoms with Crippen LogP contribution in [0.1, 0.15) is 0 Å². The minimum absolute atomic E-state index is 0.0804. The van der Waals surface area contributed by atoms with E-state index in [4.69, 9.17) is 14.2 Å². The van der Waals surface area contributed by atoms with Gasteiger partial charge in [0.1, 0.15) is 18.2 Å². The molecule has 1 aliphatic rings. The van der Waals surface area contributed by atoms with Gasteiger partial charge in [-0.05, 0) is 36.4 Å². The number of carbonyl (C=O) groups excluding carboxylic acids is 1. The first-order chi connectivity index (χ1) is 9.72. The number of hydrogen-bond donors (Lipinski definition) is 0. The summed E-state index contributed by atoms with van der Waals surface area (Å²) >= 11 is 0. The molecule has 20 heavy (non-hydrogen) atoms. The largest absolute Gasteiger partial charge is 0.485 e. The van der Waals surface area contributed by atoms with Gasteiger partial charge in [-0.2, -0.15) is 0 Å². The van der Waals surface area contributed by atoms with Crippen molar-refractivity contribution in [3.8, 4) is 17.2 Å². The van der Waals surface area contributed by atoms with E-state index in [1.807, 2.05) is 6.07 Å². The first-order valence-electron chi connectivity index (χ1n) is 6.08. The monoisotopic (exact) mass is 274 g/mol. The minimum Gasteiger partial charge on any atom is -0.485 e. The number of halogens is 1. The number of fused-ring (bicyclic) bond motifs is 1. The highest BCUT2D eigenvalue weighted by atomic mass is 19.1. The van der Waals surface area contributed by atoms with Crippen molar-refractivity contribution in [3.05, 3.63) is 54.3 Å². The maximum Gasteiger partial charge on any atom is 0.356 e. The van der Waals surface area contributed by atoms with Crippen molar-refractivity contribution in [2.24, 2.45) is 0 Å². The van der Waals surface area contributed by atoms with E-state index >= 15 is 0 Å². The molecule has 0 bridgehead atoms. The van der Waals surface area contributed by atoms with Gasteiger partial charge in [0.15, 0.2) is 11.5 Å². The zero-order chi connectivity index (χ0) is 13.9. The van der Waals surface area contributed by atoms with E-state index < -0.39 is 17.9 Å². The fourth-order valence-corrected chi connectivity index (χ4v) is 1.82. The fraction of sp³-hybridized carbons (Fsp3) is 0.133. The van der Waals surface area contributed by atoms with Crippen LogP contribution in [0.3, 0.4) is 0 Å². The number of rotatable bonds is 2. The highest BCUT2D eigenvalue weighted by molar-refractivity contribution is 5.78. The summed E-state index contributed by atoms with van der Waals surface area (Å²) in [6, 6.07) is 12.3. The highest BCUT2D eigenvalue weighted by Gasteiger charge is 2.29. The van der Waals surface area contributed by atoms with Gasteiger partial charge < -0.3 is 14.2 Å². The second-order valence-electron chi connectivity index (χ2n) is 4.24. The van der Waals surface area contributed by atoms with Crippen molar-refractivity contribution < 1.29 is 23.4 Å². The number of hydrogen-bond acceptors (Lipinski definition) is 4. The van der Waals surface area contributed by atoms with E-state index in [9.17, 15) is 9.18 Å². The van der Waals surface area contributed by atoms with E-state index in [1.54, 1.807) is 18.2 Å². The van der Waals surface area contributed by atoms with Crippen LogP contribution in [0.4, 0.5) is 4.39 Å². The van der Waals surface area contributed by atoms with Crippen molar-refractivity contribution in [1.82, 2.24) is 0 Å². The number of benzene rings is 2. The van der Waals surface area contributed by atoms with E-state index in [1.165, 1.54) is 24.3 Å². The van der Waals surface area contributed by atoms with Crippen LogP contribution in [0.25, 0.3) is 0 Å². The number of ether oxygens (including phenoxy) is 3. The molecule has 1 unspecified atom stereocenters. The molecule has 4 nitrogen and oxygen atoms in total. The third kappa shape index (κ3) is 2.56. The molecule has 0 radical (unpaired) electrons. The van der Waals surface area contributed by atoms with Gasteiger partial charge in [0, 0.05) is 0 Å². The molecule has 0 saturated carbocycles. The first kappa shape index (κ1) is 12.5. The summed E-state index contributed by atoms with van der Waals surface area (Å²) in [5.74, 6) is 0.388. The van der Waals surface area contributed by atoms with Crippen molar-refractivity contribution in [2.45, 2.75) is 6.10 Å². The summed E-state index contributed by atoms with van der Waals surface area (Å²) in [6.45, 7) is 0.0804. The maximum absolute atomic E-state index is 12.8. The van der Waals surface area contributed by atoms with Crippen molar-refractivity contribution in [2.75, 3.05) is 6.61 Å². The number of para-hydroxylation sites is 2. The van der Waals surface area contributed by atoms with Crippen LogP contribution in [0.5, 0.6) is 17.2 Å². The molecule has 0 saturated heterocycles. The first-order valence-corrected chi connectivity index (χ1v) is 6.08. The topological polar surface area (TPSA) is 44.8 Å². The average Bonchev–Trinajstić information content (AvgIpc) is 2.49. The molecule has 0 aromatic heterocycles. The Morgan fingerprint density at radius 3 is 2.55 bits per heavy atom. The Balaban J connectivity index is 1.68. The quantitative estimate of drug-likeness (QED) is 0.623. The van der Waals surface area contributed by atoms with Crippen molar-refractivity contribution >= 4 is 5.97 Å². The Bertz CT molecular complexity index is 624. The molecule has 5 heteroatoms. The van der Waals surface area contributed by atoms with Crippen molar-refractivity contribution in [1.29, 1.82) is 0 Å². The summed E-state index contributed by atoms with van der Waals surface area (Å²) < 4.78 is 28.8. The molecule has 1 heterocycles. The molecule has 2 aromatic rings. The SMILES string of the molecule is O=C(Oc1ccc(F)cc1)C1COc2ccccc2O1. The highest BCUT2D eigenvalue weighted by Crippen LogP contribution is 2.31. The Hall–Kier alpha value is -2.56. The minimum atomic E-state index is -0.838. The summed E-state index contributed by atoms with van der Waals surface area (Å²) in [7, 11) is 0. The number of carbonyl (C=O) groups is 1. The molecule has 102 valence electrons. The van der Waals surface area contributed by atoms with Crippen LogP contribution < -0.4 is 14.2 Å². The summed E-state index contributed by atoms with van der Waals surface area (Å²) in [5, 5.41) is 0. The fourth-order valence-electron chi connectivity index (χ4n) is 1.82. The molecule has 1 aliphatic heterocycles. The third-order valence-corrected chi connectivity index (χ3v) is 2.80. The zero-order valence-electron chi connectivity index (χ0n) is 10.4. The number of esters is 1. The lowest BCUT2D eigenvalue weighted by Gasteiger charge is -2.24. The van der Waals surface area contributed by atoms with Gasteiger partial charge in [-0.25, -0.2) is 9.18 Å². The van der Waals surface area contributed by atoms with E-state index in [2.05, 4.69) is 0 Å². The Kier molecular flexibility index (Phi) is 3.25. The molecule has 0 fully saturated rings. The normalized spacial score (nSPS) is 16.6. The Labute approximate surface area is 114 Å². The zero-order valence-corrected chi connectivity index (χ0v) is 10.4. The van der Waals surface area contributed by atoms with Crippen LogP contribution in [-0.2, 0) is 4.79 Å². The van der Waals surface area contributed by atoms with E-state index in [0.717, 1.165) is 0 Å². The van der Waals surface area contributed by atoms with Crippen LogP contribution in [0.15, 0.2) is 48.5 Å². The molecule has 0 spiro atoms. The predicted molar refractivity (Wildman–Crippen MR) is 68.4 cm³/mol. The smallest absolute Gasteiger partial charge is 0.356 e. The lowest BCUT2D eigenvalue weighted by molar-refractivity contribution is -0.144. The molecular weight excluding hydrogens is 263 g/mol. The summed E-state index contributed by atoms with van der Waals surface area (Å²) in [4.78, 5) is 11.9. The molecule has 3 rings (SSSR count). The van der Waals surface area contributed by atoms with Gasteiger partial charge >= 0.3 is 5.97 Å². The van der Waals surface area contributed by atoms with Crippen LogP contribution in [0, 0.1) is 5.82 Å². The molecule has 0 amide bonds. The lowest BCUT2D eigenvalue weighted by atomic mass is 10.2. The second-order valence-corrected chi connectivity index (χ2v) is 4.24. The Morgan fingerprint density at radius 2 is 1.80 bits per heavy atom. The molecule has 1 atom stereocenters. The van der Waals surface area contributed by atoms with E-state index in [0.29, 0.717) is 11.5 Å². The average molecular weight is 274 g/mol. The molecule has 0 N–H and O–H groups in total. The van der Waals surface area contributed by atoms with Crippen molar-refractivity contribution in [3.63, 3.8) is 0 Å². The van der Waals surface area contributed by atoms with Gasteiger partial charge in [0.2, 0.25) is 6.10 Å². The lowest BCUT2D eigenvalue weighted by Crippen LogP contribution is -2.39. The molecule has 0 aliphatic carbocycles. The maximum atomic E-state index is 12.8. The van der Waals surface area contributed by atoms with Crippen LogP contribution in [-0.4, -0.2) is 18.7 Å². The van der Waals surface area contributed by atoms with Gasteiger partial charge in [0.05, 0.1) is 0 Å². The second kappa shape index (κ2) is 5.21. The van der Waals surface area contributed by atoms with Gasteiger partial charge in [0.25, 0.3) is 0 Å². The summed E-state index contributed by atoms with van der Waals surface area (Å²) in [6.07, 6.45) is -0.838. The Morgan fingerprint density at radius 1 is 1.10 bits per heavy atom. The molecular formula is C15H11FO4. The van der Waals surface area contributed by atoms with E-state index in [-0.39, 0.29) is 12.4 Å². The van der Waals surface area contributed by atoms with Gasteiger partial charge in [-0.15, -0.1) is 0 Å². The van der Waals surface area contributed by atoms with Crippen LogP contribution in [0.2, 0.25) is 0 Å². The predicted octanol–water partition coefficient (Wildman–Crippen LogP) is 2.57. The standard InChI is InChI=1S/C15H11FO4/c16-10-5-7-11(8-6-10)19-15(17)14-9-18-12-3-1-2-4-13(12)20-14/h1-8,14H,9H2.